The number of rotatable bonds is 1. The summed E-state index contributed by atoms with van der Waals surface area (Å²) in [6.07, 6.45) is 1.59. The number of aliphatic hydroxyl groups is 1. The zero-order valence-electron chi connectivity index (χ0n) is 6.05. The van der Waals surface area contributed by atoms with Crippen molar-refractivity contribution in [2.75, 3.05) is 0 Å². The van der Waals surface area contributed by atoms with Gasteiger partial charge in [-0.15, -0.1) is 17.7 Å². The lowest BCUT2D eigenvalue weighted by Gasteiger charge is -1.91. The molecule has 12 heavy (non-hydrogen) atoms. The average Bonchev–Trinajstić information content (AvgIpc) is 2.49. The maximum absolute atomic E-state index is 8.74. The van der Waals surface area contributed by atoms with Crippen molar-refractivity contribution in [3.05, 3.63) is 18.1 Å². The number of aliphatic hydroxyl groups excluding tert-OH is 1. The van der Waals surface area contributed by atoms with Gasteiger partial charge in [0.1, 0.15) is 11.6 Å². The Morgan fingerprint density at radius 1 is 1.58 bits per heavy atom. The average molecular weight is 182 g/mol. The third-order valence-electron chi connectivity index (χ3n) is 1.41. The molecule has 0 spiro atoms. The van der Waals surface area contributed by atoms with Crippen LogP contribution >= 0.6 is 12.6 Å². The number of thiol groups is 1. The van der Waals surface area contributed by atoms with Gasteiger partial charge in [-0.3, -0.25) is 0 Å². The Morgan fingerprint density at radius 2 is 2.42 bits per heavy atom. The predicted octanol–water partition coefficient (Wildman–Crippen LogP) is -0.0947. The minimum absolute atomic E-state index is 0.184. The Bertz CT molecular complexity index is 413. The summed E-state index contributed by atoms with van der Waals surface area (Å²) in [6.45, 7) is -0.184. The van der Waals surface area contributed by atoms with Gasteiger partial charge in [-0.2, -0.15) is 9.50 Å². The van der Waals surface area contributed by atoms with Crippen molar-refractivity contribution in [1.82, 2.24) is 19.6 Å². The van der Waals surface area contributed by atoms with Gasteiger partial charge in [0.15, 0.2) is 5.82 Å². The first-order chi connectivity index (χ1) is 5.81. The summed E-state index contributed by atoms with van der Waals surface area (Å²) in [5.74, 6) is 0.801. The summed E-state index contributed by atoms with van der Waals surface area (Å²) in [6, 6.07) is 1.70. The van der Waals surface area contributed by atoms with Crippen LogP contribution < -0.4 is 0 Å². The Morgan fingerprint density at radius 3 is 3.08 bits per heavy atom. The zero-order valence-corrected chi connectivity index (χ0v) is 6.94. The molecule has 0 radical (unpaired) electrons. The highest BCUT2D eigenvalue weighted by atomic mass is 32.1. The standard InChI is InChI=1S/C6H6N4OS/c11-3-4-8-6-7-2-1-5(12)10(6)9-4/h1-2,11-12H,3H2. The van der Waals surface area contributed by atoms with Crippen LogP contribution in [0.25, 0.3) is 5.78 Å². The van der Waals surface area contributed by atoms with Crippen LogP contribution in [0.1, 0.15) is 5.82 Å². The molecule has 5 nitrogen and oxygen atoms in total. The number of fused-ring (bicyclic) bond motifs is 1. The third-order valence-corrected chi connectivity index (χ3v) is 1.74. The normalized spacial score (nSPS) is 10.8. The molecule has 0 aromatic carbocycles. The summed E-state index contributed by atoms with van der Waals surface area (Å²) in [4.78, 5) is 7.87. The third kappa shape index (κ3) is 1.05. The summed E-state index contributed by atoms with van der Waals surface area (Å²) in [5, 5.41) is 13.3. The molecule has 1 N–H and O–H groups in total. The van der Waals surface area contributed by atoms with Crippen molar-refractivity contribution < 1.29 is 5.11 Å². The summed E-state index contributed by atoms with van der Waals surface area (Å²) in [5.41, 5.74) is 0. The maximum atomic E-state index is 8.74. The Balaban J connectivity index is 2.74. The van der Waals surface area contributed by atoms with Gasteiger partial charge < -0.3 is 5.11 Å². The molecular formula is C6H6N4OS. The Labute approximate surface area is 73.5 Å². The van der Waals surface area contributed by atoms with Gasteiger partial charge in [-0.05, 0) is 6.07 Å². The fraction of sp³-hybridized carbons (Fsp3) is 0.167. The van der Waals surface area contributed by atoms with Crippen LogP contribution in [0.3, 0.4) is 0 Å². The highest BCUT2D eigenvalue weighted by Crippen LogP contribution is 2.05. The maximum Gasteiger partial charge on any atom is 0.253 e. The molecule has 0 saturated carbocycles. The van der Waals surface area contributed by atoms with Crippen molar-refractivity contribution in [3.8, 4) is 0 Å². The SMILES string of the molecule is OCc1nc2nccc(S)n2n1. The van der Waals surface area contributed by atoms with Crippen LogP contribution in [-0.4, -0.2) is 24.7 Å². The van der Waals surface area contributed by atoms with E-state index in [4.69, 9.17) is 5.11 Å². The number of hydrogen-bond acceptors (Lipinski definition) is 5. The first-order valence-corrected chi connectivity index (χ1v) is 3.76. The second kappa shape index (κ2) is 2.72. The second-order valence-electron chi connectivity index (χ2n) is 2.20. The van der Waals surface area contributed by atoms with Gasteiger partial charge in [0.05, 0.1) is 0 Å². The van der Waals surface area contributed by atoms with Crippen molar-refractivity contribution in [3.63, 3.8) is 0 Å². The molecule has 0 aliphatic heterocycles. The van der Waals surface area contributed by atoms with Crippen LogP contribution in [0, 0.1) is 0 Å². The van der Waals surface area contributed by atoms with Gasteiger partial charge in [0.2, 0.25) is 0 Å². The molecule has 0 amide bonds. The van der Waals surface area contributed by atoms with Gasteiger partial charge >= 0.3 is 0 Å². The first kappa shape index (κ1) is 7.51. The van der Waals surface area contributed by atoms with E-state index in [1.54, 1.807) is 12.3 Å². The van der Waals surface area contributed by atoms with Gasteiger partial charge in [-0.25, -0.2) is 4.98 Å². The molecule has 2 heterocycles. The lowest BCUT2D eigenvalue weighted by atomic mass is 10.7. The van der Waals surface area contributed by atoms with Crippen molar-refractivity contribution in [2.24, 2.45) is 0 Å². The molecule has 2 rings (SSSR count). The van der Waals surface area contributed by atoms with E-state index in [0.29, 0.717) is 16.6 Å². The molecule has 0 saturated heterocycles. The van der Waals surface area contributed by atoms with E-state index in [2.05, 4.69) is 27.7 Å². The summed E-state index contributed by atoms with van der Waals surface area (Å²) in [7, 11) is 0. The van der Waals surface area contributed by atoms with E-state index in [-0.39, 0.29) is 6.61 Å². The van der Waals surface area contributed by atoms with Crippen molar-refractivity contribution in [1.29, 1.82) is 0 Å². The molecule has 62 valence electrons. The fourth-order valence-electron chi connectivity index (χ4n) is 0.891. The minimum atomic E-state index is -0.184. The van der Waals surface area contributed by atoms with Crippen LogP contribution in [0.15, 0.2) is 17.3 Å². The molecule has 2 aromatic heterocycles. The van der Waals surface area contributed by atoms with Crippen LogP contribution in [0.4, 0.5) is 0 Å². The zero-order chi connectivity index (χ0) is 8.55. The molecule has 0 unspecified atom stereocenters. The molecule has 0 atom stereocenters. The van der Waals surface area contributed by atoms with Gasteiger partial charge in [-0.1, -0.05) is 0 Å². The topological polar surface area (TPSA) is 63.3 Å². The Kier molecular flexibility index (Phi) is 1.70. The van der Waals surface area contributed by atoms with E-state index < -0.39 is 0 Å². The van der Waals surface area contributed by atoms with Crippen LogP contribution in [-0.2, 0) is 6.61 Å². The van der Waals surface area contributed by atoms with Gasteiger partial charge in [0, 0.05) is 6.20 Å². The van der Waals surface area contributed by atoms with Crippen molar-refractivity contribution >= 4 is 18.4 Å². The van der Waals surface area contributed by atoms with Crippen molar-refractivity contribution in [2.45, 2.75) is 11.6 Å². The predicted molar refractivity (Wildman–Crippen MR) is 44.0 cm³/mol. The van der Waals surface area contributed by atoms with E-state index in [0.717, 1.165) is 0 Å². The number of aromatic nitrogens is 4. The van der Waals surface area contributed by atoms with E-state index in [1.165, 1.54) is 4.52 Å². The second-order valence-corrected chi connectivity index (χ2v) is 2.66. The van der Waals surface area contributed by atoms with E-state index in [1.807, 2.05) is 0 Å². The highest BCUT2D eigenvalue weighted by Gasteiger charge is 2.03. The quantitative estimate of drug-likeness (QED) is 0.477. The number of hydrogen-bond donors (Lipinski definition) is 2. The molecule has 0 aliphatic rings. The smallest absolute Gasteiger partial charge is 0.253 e. The minimum Gasteiger partial charge on any atom is -0.388 e. The fourth-order valence-corrected chi connectivity index (χ4v) is 1.09. The first-order valence-electron chi connectivity index (χ1n) is 3.32. The molecular weight excluding hydrogens is 176 g/mol. The lowest BCUT2D eigenvalue weighted by molar-refractivity contribution is 0.271. The van der Waals surface area contributed by atoms with E-state index in [9.17, 15) is 0 Å². The van der Waals surface area contributed by atoms with Gasteiger partial charge in [0.25, 0.3) is 5.78 Å². The molecule has 0 aliphatic carbocycles. The largest absolute Gasteiger partial charge is 0.388 e. The van der Waals surface area contributed by atoms with Crippen LogP contribution in [0.5, 0.6) is 0 Å². The van der Waals surface area contributed by atoms with Crippen LogP contribution in [0.2, 0.25) is 0 Å². The highest BCUT2D eigenvalue weighted by molar-refractivity contribution is 7.80. The lowest BCUT2D eigenvalue weighted by Crippen LogP contribution is -1.92. The molecule has 0 fully saturated rings. The summed E-state index contributed by atoms with van der Waals surface area (Å²) < 4.78 is 1.47. The summed E-state index contributed by atoms with van der Waals surface area (Å²) >= 11 is 4.14. The van der Waals surface area contributed by atoms with E-state index >= 15 is 0 Å². The number of nitrogens with zero attached hydrogens (tertiary/aromatic N) is 4. The Hall–Kier alpha value is -1.14. The molecule has 6 heteroatoms. The molecule has 0 bridgehead atoms. The molecule has 2 aromatic rings. The monoisotopic (exact) mass is 182 g/mol.